The van der Waals surface area contributed by atoms with Crippen LogP contribution in [0.25, 0.3) is 0 Å². The summed E-state index contributed by atoms with van der Waals surface area (Å²) in [6, 6.07) is 7.01. The van der Waals surface area contributed by atoms with Crippen LogP contribution in [0.3, 0.4) is 0 Å². The first-order chi connectivity index (χ1) is 9.54. The molecule has 108 valence electrons. The van der Waals surface area contributed by atoms with Gasteiger partial charge in [0, 0.05) is 13.6 Å². The van der Waals surface area contributed by atoms with Crippen LogP contribution in [0.1, 0.15) is 16.8 Å². The highest BCUT2D eigenvalue weighted by molar-refractivity contribution is 6.03. The summed E-state index contributed by atoms with van der Waals surface area (Å²) in [6.07, 6.45) is 0.861. The molecule has 0 bridgehead atoms. The summed E-state index contributed by atoms with van der Waals surface area (Å²) in [5.41, 5.74) is 1.01. The number of carbonyl (C=O) groups excluding carboxylic acids is 2. The number of para-hydroxylation sites is 1. The molecule has 1 fully saturated rings. The fourth-order valence-corrected chi connectivity index (χ4v) is 2.58. The van der Waals surface area contributed by atoms with Crippen molar-refractivity contribution in [2.45, 2.75) is 6.42 Å². The average molecular weight is 276 g/mol. The molecular weight excluding hydrogens is 256 g/mol. The quantitative estimate of drug-likeness (QED) is 0.783. The number of methoxy groups -OCH3 is 1. The number of amides is 1. The number of rotatable bonds is 3. The van der Waals surface area contributed by atoms with Crippen LogP contribution in [0.5, 0.6) is 0 Å². The number of esters is 1. The third-order valence-electron chi connectivity index (χ3n) is 3.74. The topological polar surface area (TPSA) is 49.9 Å². The van der Waals surface area contributed by atoms with E-state index in [0.29, 0.717) is 11.3 Å². The van der Waals surface area contributed by atoms with E-state index in [1.165, 1.54) is 7.11 Å². The van der Waals surface area contributed by atoms with Crippen molar-refractivity contribution in [1.29, 1.82) is 0 Å². The lowest BCUT2D eigenvalue weighted by atomic mass is 10.1. The van der Waals surface area contributed by atoms with Crippen molar-refractivity contribution in [3.63, 3.8) is 0 Å². The van der Waals surface area contributed by atoms with E-state index in [1.54, 1.807) is 30.1 Å². The van der Waals surface area contributed by atoms with Crippen molar-refractivity contribution in [1.82, 2.24) is 4.90 Å². The van der Waals surface area contributed by atoms with Gasteiger partial charge in [-0.3, -0.25) is 4.79 Å². The Kier molecular flexibility index (Phi) is 4.39. The number of likely N-dealkylation sites (tertiary alicyclic amines) is 1. The molecule has 0 radical (unpaired) electrons. The van der Waals surface area contributed by atoms with Gasteiger partial charge in [-0.15, -0.1) is 0 Å². The van der Waals surface area contributed by atoms with Crippen LogP contribution in [0.2, 0.25) is 0 Å². The van der Waals surface area contributed by atoms with Crippen molar-refractivity contribution >= 4 is 17.6 Å². The van der Waals surface area contributed by atoms with Crippen molar-refractivity contribution in [2.75, 3.05) is 39.2 Å². The summed E-state index contributed by atoms with van der Waals surface area (Å²) < 4.78 is 4.76. The summed E-state index contributed by atoms with van der Waals surface area (Å²) in [7, 11) is 5.06. The van der Waals surface area contributed by atoms with Crippen LogP contribution in [-0.4, -0.2) is 51.1 Å². The predicted octanol–water partition coefficient (Wildman–Crippen LogP) is 1.39. The summed E-state index contributed by atoms with van der Waals surface area (Å²) in [6.45, 7) is 1.70. The van der Waals surface area contributed by atoms with Crippen LogP contribution in [0.4, 0.5) is 5.69 Å². The minimum absolute atomic E-state index is 0.00398. The Labute approximate surface area is 119 Å². The summed E-state index contributed by atoms with van der Waals surface area (Å²) >= 11 is 0. The van der Waals surface area contributed by atoms with Crippen LogP contribution in [0.15, 0.2) is 24.3 Å². The Balaban J connectivity index is 2.22. The normalized spacial score (nSPS) is 18.9. The highest BCUT2D eigenvalue weighted by Crippen LogP contribution is 2.24. The maximum absolute atomic E-state index is 12.5. The van der Waals surface area contributed by atoms with Gasteiger partial charge in [-0.2, -0.15) is 0 Å². The van der Waals surface area contributed by atoms with Gasteiger partial charge < -0.3 is 14.5 Å². The number of benzene rings is 1. The number of ether oxygens (including phenoxy) is 1. The van der Waals surface area contributed by atoms with Crippen LogP contribution in [0, 0.1) is 5.92 Å². The standard InChI is InChI=1S/C15H20N2O3/c1-16-9-8-11(10-16)14(18)17(2)13-7-5-4-6-12(13)15(19)20-3/h4-7,11H,8-10H2,1-3H3. The van der Waals surface area contributed by atoms with Crippen LogP contribution < -0.4 is 4.90 Å². The first kappa shape index (κ1) is 14.5. The Bertz CT molecular complexity index is 516. The van der Waals surface area contributed by atoms with E-state index < -0.39 is 5.97 Å². The number of anilines is 1. The lowest BCUT2D eigenvalue weighted by Gasteiger charge is -2.23. The first-order valence-corrected chi connectivity index (χ1v) is 6.68. The highest BCUT2D eigenvalue weighted by Gasteiger charge is 2.30. The monoisotopic (exact) mass is 276 g/mol. The van der Waals surface area contributed by atoms with E-state index in [9.17, 15) is 9.59 Å². The van der Waals surface area contributed by atoms with Crippen molar-refractivity contribution in [3.05, 3.63) is 29.8 Å². The zero-order valence-electron chi connectivity index (χ0n) is 12.1. The predicted molar refractivity (Wildman–Crippen MR) is 76.8 cm³/mol. The van der Waals surface area contributed by atoms with Crippen LogP contribution >= 0.6 is 0 Å². The molecule has 1 atom stereocenters. The minimum Gasteiger partial charge on any atom is -0.465 e. The van der Waals surface area contributed by atoms with Gasteiger partial charge in [0.15, 0.2) is 0 Å². The highest BCUT2D eigenvalue weighted by atomic mass is 16.5. The molecule has 0 saturated carbocycles. The van der Waals surface area contributed by atoms with Gasteiger partial charge in [0.2, 0.25) is 5.91 Å². The zero-order chi connectivity index (χ0) is 14.7. The van der Waals surface area contributed by atoms with E-state index >= 15 is 0 Å². The van der Waals surface area contributed by atoms with Gasteiger partial charge in [0.25, 0.3) is 0 Å². The Hall–Kier alpha value is -1.88. The molecule has 1 unspecified atom stereocenters. The van der Waals surface area contributed by atoms with E-state index in [-0.39, 0.29) is 11.8 Å². The molecule has 1 amide bonds. The molecule has 0 spiro atoms. The molecule has 1 aromatic carbocycles. The maximum atomic E-state index is 12.5. The zero-order valence-corrected chi connectivity index (χ0v) is 12.1. The van der Waals surface area contributed by atoms with Crippen molar-refractivity contribution in [2.24, 2.45) is 5.92 Å². The second-order valence-corrected chi connectivity index (χ2v) is 5.15. The van der Waals surface area contributed by atoms with Crippen molar-refractivity contribution in [3.8, 4) is 0 Å². The number of hydrogen-bond acceptors (Lipinski definition) is 4. The van der Waals surface area contributed by atoms with Gasteiger partial charge in [-0.05, 0) is 32.1 Å². The van der Waals surface area contributed by atoms with Crippen molar-refractivity contribution < 1.29 is 14.3 Å². The molecule has 0 aliphatic carbocycles. The molecule has 1 heterocycles. The van der Waals surface area contributed by atoms with Gasteiger partial charge >= 0.3 is 5.97 Å². The Morgan fingerprint density at radius 3 is 2.65 bits per heavy atom. The third-order valence-corrected chi connectivity index (χ3v) is 3.74. The second-order valence-electron chi connectivity index (χ2n) is 5.15. The Morgan fingerprint density at radius 2 is 2.05 bits per heavy atom. The van der Waals surface area contributed by atoms with Gasteiger partial charge in [0.1, 0.15) is 0 Å². The molecule has 0 aromatic heterocycles. The summed E-state index contributed by atoms with van der Waals surface area (Å²) in [5.74, 6) is -0.384. The molecule has 1 saturated heterocycles. The lowest BCUT2D eigenvalue weighted by Crippen LogP contribution is -2.35. The molecule has 1 aliphatic rings. The molecule has 5 heteroatoms. The molecule has 1 aliphatic heterocycles. The summed E-state index contributed by atoms with van der Waals surface area (Å²) in [4.78, 5) is 28.0. The van der Waals surface area contributed by atoms with E-state index in [0.717, 1.165) is 19.5 Å². The summed E-state index contributed by atoms with van der Waals surface area (Å²) in [5, 5.41) is 0. The fraction of sp³-hybridized carbons (Fsp3) is 0.467. The van der Waals surface area contributed by atoms with Gasteiger partial charge in [-0.1, -0.05) is 12.1 Å². The second kappa shape index (κ2) is 6.05. The smallest absolute Gasteiger partial charge is 0.339 e. The van der Waals surface area contributed by atoms with E-state index in [4.69, 9.17) is 4.74 Å². The fourth-order valence-electron chi connectivity index (χ4n) is 2.58. The molecular formula is C15H20N2O3. The average Bonchev–Trinajstić information content (AvgIpc) is 2.91. The molecule has 20 heavy (non-hydrogen) atoms. The maximum Gasteiger partial charge on any atom is 0.339 e. The molecule has 1 aromatic rings. The van der Waals surface area contributed by atoms with E-state index in [2.05, 4.69) is 4.90 Å². The third kappa shape index (κ3) is 2.82. The molecule has 5 nitrogen and oxygen atoms in total. The first-order valence-electron chi connectivity index (χ1n) is 6.68. The molecule has 2 rings (SSSR count). The van der Waals surface area contributed by atoms with Gasteiger partial charge in [0.05, 0.1) is 24.3 Å². The SMILES string of the molecule is COC(=O)c1ccccc1N(C)C(=O)C1CCN(C)C1. The van der Waals surface area contributed by atoms with E-state index in [1.807, 2.05) is 13.1 Å². The largest absolute Gasteiger partial charge is 0.465 e. The lowest BCUT2D eigenvalue weighted by molar-refractivity contribution is -0.121. The molecule has 0 N–H and O–H groups in total. The number of hydrogen-bond donors (Lipinski definition) is 0. The Morgan fingerprint density at radius 1 is 1.35 bits per heavy atom. The van der Waals surface area contributed by atoms with Gasteiger partial charge in [-0.25, -0.2) is 4.79 Å². The number of nitrogens with zero attached hydrogens (tertiary/aromatic N) is 2. The van der Waals surface area contributed by atoms with Crippen LogP contribution in [-0.2, 0) is 9.53 Å². The minimum atomic E-state index is -0.427. The number of carbonyl (C=O) groups is 2.